The molecule has 2 heteroatoms. The molecule has 4 rings (SSSR count). The molecule has 4 fully saturated rings. The van der Waals surface area contributed by atoms with Crippen molar-refractivity contribution in [3.63, 3.8) is 0 Å². The molecule has 1 spiro atoms. The van der Waals surface area contributed by atoms with Gasteiger partial charge in [-0.3, -0.25) is 0 Å². The van der Waals surface area contributed by atoms with Crippen molar-refractivity contribution in [2.45, 2.75) is 131 Å². The molecule has 184 valence electrons. The van der Waals surface area contributed by atoms with E-state index in [0.29, 0.717) is 28.8 Å². The van der Waals surface area contributed by atoms with Crippen LogP contribution in [-0.4, -0.2) is 22.9 Å². The molecule has 3 saturated carbocycles. The molecule has 4 aliphatic rings. The molecule has 1 aliphatic heterocycles. The topological polar surface area (TPSA) is 32.8 Å². The number of fused-ring (bicyclic) bond motifs is 3. The van der Waals surface area contributed by atoms with Crippen molar-refractivity contribution in [1.82, 2.24) is 0 Å². The van der Waals surface area contributed by atoms with Crippen molar-refractivity contribution in [2.24, 2.45) is 39.9 Å². The predicted molar refractivity (Wildman–Crippen MR) is 135 cm³/mol. The van der Waals surface area contributed by atoms with E-state index in [1.54, 1.807) is 0 Å². The van der Waals surface area contributed by atoms with Crippen LogP contribution < -0.4 is 0 Å². The molecule has 0 radical (unpaired) electrons. The lowest BCUT2D eigenvalue weighted by atomic mass is 9.39. The standard InChI is InChI=1S/C30H52O2/c1-21(2)11-9-12-22(3)23-14-16-29(8)24-15-17-30(26(4,5)32-30)25(13-10-20-31)27(24,6)18-19-28(23,29)7/h11,22-25,31H,9-10,12-20H2,1-8H3/t22-,23-,24?,25?,27+,28-,29+,30-/m0/s1. The Morgan fingerprint density at radius 1 is 1.00 bits per heavy atom. The lowest BCUT2D eigenvalue weighted by molar-refractivity contribution is -0.172. The molecule has 3 aliphatic carbocycles. The van der Waals surface area contributed by atoms with Crippen LogP contribution in [-0.2, 0) is 4.74 Å². The molecule has 0 aromatic rings. The van der Waals surface area contributed by atoms with Crippen molar-refractivity contribution in [1.29, 1.82) is 0 Å². The zero-order valence-corrected chi connectivity index (χ0v) is 22.5. The van der Waals surface area contributed by atoms with E-state index in [4.69, 9.17) is 4.74 Å². The number of hydrogen-bond donors (Lipinski definition) is 1. The first-order valence-corrected chi connectivity index (χ1v) is 13.8. The zero-order chi connectivity index (χ0) is 23.6. The van der Waals surface area contributed by atoms with Gasteiger partial charge < -0.3 is 9.84 Å². The van der Waals surface area contributed by atoms with Gasteiger partial charge in [-0.05, 0) is 132 Å². The van der Waals surface area contributed by atoms with E-state index in [0.717, 1.165) is 30.6 Å². The van der Waals surface area contributed by atoms with Gasteiger partial charge in [0.25, 0.3) is 0 Å². The third kappa shape index (κ3) is 3.40. The van der Waals surface area contributed by atoms with Crippen molar-refractivity contribution in [2.75, 3.05) is 6.61 Å². The van der Waals surface area contributed by atoms with Crippen LogP contribution in [0.5, 0.6) is 0 Å². The van der Waals surface area contributed by atoms with Gasteiger partial charge in [0.1, 0.15) is 5.60 Å². The number of hydrogen-bond acceptors (Lipinski definition) is 2. The summed E-state index contributed by atoms with van der Waals surface area (Å²) in [5, 5.41) is 9.70. The Balaban J connectivity index is 1.60. The predicted octanol–water partition coefficient (Wildman–Crippen LogP) is 7.94. The minimum atomic E-state index is 0.0143. The van der Waals surface area contributed by atoms with Gasteiger partial charge in [-0.2, -0.15) is 0 Å². The molecule has 1 heterocycles. The van der Waals surface area contributed by atoms with E-state index in [1.165, 1.54) is 56.9 Å². The summed E-state index contributed by atoms with van der Waals surface area (Å²) < 4.78 is 6.56. The number of rotatable bonds is 7. The number of epoxide rings is 1. The van der Waals surface area contributed by atoms with Gasteiger partial charge in [0.05, 0.1) is 5.60 Å². The van der Waals surface area contributed by atoms with Gasteiger partial charge in [0.2, 0.25) is 0 Å². The average Bonchev–Trinajstić information content (AvgIpc) is 3.12. The van der Waals surface area contributed by atoms with E-state index in [-0.39, 0.29) is 11.2 Å². The molecular weight excluding hydrogens is 392 g/mol. The summed E-state index contributed by atoms with van der Waals surface area (Å²) in [4.78, 5) is 0. The molecular formula is C30H52O2. The number of ether oxygens (including phenoxy) is 1. The van der Waals surface area contributed by atoms with Crippen LogP contribution in [0.1, 0.15) is 120 Å². The number of aliphatic hydroxyl groups excluding tert-OH is 1. The fraction of sp³-hybridized carbons (Fsp3) is 0.933. The fourth-order valence-corrected chi connectivity index (χ4v) is 9.97. The van der Waals surface area contributed by atoms with Crippen LogP contribution in [0.25, 0.3) is 0 Å². The lowest BCUT2D eigenvalue weighted by Crippen LogP contribution is -2.61. The Hall–Kier alpha value is -0.340. The lowest BCUT2D eigenvalue weighted by Gasteiger charge is -2.65. The summed E-state index contributed by atoms with van der Waals surface area (Å²) in [5.41, 5.74) is 2.79. The van der Waals surface area contributed by atoms with Gasteiger partial charge in [-0.25, -0.2) is 0 Å². The van der Waals surface area contributed by atoms with Crippen molar-refractivity contribution < 1.29 is 9.84 Å². The minimum Gasteiger partial charge on any atom is -0.396 e. The molecule has 0 bridgehead atoms. The molecule has 1 saturated heterocycles. The van der Waals surface area contributed by atoms with E-state index in [1.807, 2.05) is 0 Å². The summed E-state index contributed by atoms with van der Waals surface area (Å²) in [7, 11) is 0. The van der Waals surface area contributed by atoms with Gasteiger partial charge in [-0.1, -0.05) is 39.3 Å². The Kier molecular flexibility index (Phi) is 6.28. The van der Waals surface area contributed by atoms with E-state index in [2.05, 4.69) is 61.5 Å². The van der Waals surface area contributed by atoms with Gasteiger partial charge in [0, 0.05) is 6.61 Å². The average molecular weight is 445 g/mol. The SMILES string of the molecule is CC(C)=CCC[C@H](C)[C@@H]1CC[C@]2(C)C3CC[C@]4(OC4(C)C)C(CCCO)[C@]3(C)CC[C@@]12C. The Morgan fingerprint density at radius 2 is 1.69 bits per heavy atom. The van der Waals surface area contributed by atoms with Crippen LogP contribution in [0.15, 0.2) is 11.6 Å². The van der Waals surface area contributed by atoms with Gasteiger partial charge in [0.15, 0.2) is 0 Å². The van der Waals surface area contributed by atoms with Crippen LogP contribution in [0, 0.1) is 39.9 Å². The van der Waals surface area contributed by atoms with E-state index in [9.17, 15) is 5.11 Å². The highest BCUT2D eigenvalue weighted by Crippen LogP contribution is 2.77. The second kappa shape index (κ2) is 8.11. The highest BCUT2D eigenvalue weighted by molar-refractivity contribution is 5.24. The summed E-state index contributed by atoms with van der Waals surface area (Å²) >= 11 is 0. The first kappa shape index (κ1) is 24.8. The third-order valence-electron chi connectivity index (χ3n) is 11.9. The second-order valence-corrected chi connectivity index (χ2v) is 13.8. The van der Waals surface area contributed by atoms with Crippen LogP contribution in [0.3, 0.4) is 0 Å². The molecule has 0 aromatic heterocycles. The smallest absolute Gasteiger partial charge is 0.101 e. The summed E-state index contributed by atoms with van der Waals surface area (Å²) in [6, 6.07) is 0. The highest BCUT2D eigenvalue weighted by atomic mass is 16.6. The summed E-state index contributed by atoms with van der Waals surface area (Å²) in [6.07, 6.45) is 15.2. The molecule has 2 nitrogen and oxygen atoms in total. The van der Waals surface area contributed by atoms with Crippen molar-refractivity contribution in [3.8, 4) is 0 Å². The monoisotopic (exact) mass is 444 g/mol. The van der Waals surface area contributed by atoms with Crippen molar-refractivity contribution in [3.05, 3.63) is 11.6 Å². The largest absolute Gasteiger partial charge is 0.396 e. The minimum absolute atomic E-state index is 0.0143. The second-order valence-electron chi connectivity index (χ2n) is 13.8. The van der Waals surface area contributed by atoms with Gasteiger partial charge in [-0.15, -0.1) is 0 Å². The van der Waals surface area contributed by atoms with Gasteiger partial charge >= 0.3 is 0 Å². The molecule has 1 N–H and O–H groups in total. The third-order valence-corrected chi connectivity index (χ3v) is 11.9. The molecule has 0 amide bonds. The quantitative estimate of drug-likeness (QED) is 0.319. The zero-order valence-electron chi connectivity index (χ0n) is 22.5. The first-order valence-electron chi connectivity index (χ1n) is 13.8. The van der Waals surface area contributed by atoms with Crippen LogP contribution in [0.4, 0.5) is 0 Å². The van der Waals surface area contributed by atoms with Crippen LogP contribution >= 0.6 is 0 Å². The molecule has 2 unspecified atom stereocenters. The van der Waals surface area contributed by atoms with E-state index < -0.39 is 0 Å². The number of allylic oxidation sites excluding steroid dienone is 2. The van der Waals surface area contributed by atoms with E-state index >= 15 is 0 Å². The molecule has 32 heavy (non-hydrogen) atoms. The Labute approximate surface area is 199 Å². The summed E-state index contributed by atoms with van der Waals surface area (Å²) in [6.45, 7) is 20.0. The van der Waals surface area contributed by atoms with Crippen molar-refractivity contribution >= 4 is 0 Å². The first-order chi connectivity index (χ1) is 14.9. The fourth-order valence-electron chi connectivity index (χ4n) is 9.97. The number of aliphatic hydroxyl groups is 1. The Bertz CT molecular complexity index is 735. The maximum absolute atomic E-state index is 9.70. The normalized spacial score (nSPS) is 47.6. The summed E-state index contributed by atoms with van der Waals surface area (Å²) in [5.74, 6) is 3.06. The maximum atomic E-state index is 9.70. The highest BCUT2D eigenvalue weighted by Gasteiger charge is 2.76. The van der Waals surface area contributed by atoms with Crippen LogP contribution in [0.2, 0.25) is 0 Å². The molecule has 8 atom stereocenters. The molecule has 0 aromatic carbocycles. The maximum Gasteiger partial charge on any atom is 0.101 e. The Morgan fingerprint density at radius 3 is 2.28 bits per heavy atom.